The molecular formula is C26H28N6O2. The van der Waals surface area contributed by atoms with E-state index in [2.05, 4.69) is 57.2 Å². The summed E-state index contributed by atoms with van der Waals surface area (Å²) in [6, 6.07) is 28.3. The van der Waals surface area contributed by atoms with E-state index in [0.29, 0.717) is 18.9 Å². The van der Waals surface area contributed by atoms with Gasteiger partial charge in [0.15, 0.2) is 5.82 Å². The second-order valence-electron chi connectivity index (χ2n) is 7.95. The van der Waals surface area contributed by atoms with Crippen LogP contribution in [0, 0.1) is 0 Å². The molecule has 8 nitrogen and oxygen atoms in total. The molecule has 1 atom stereocenters. The summed E-state index contributed by atoms with van der Waals surface area (Å²) < 4.78 is 6.35. The van der Waals surface area contributed by atoms with Crippen LogP contribution in [-0.2, 0) is 29.2 Å². The average molecular weight is 457 g/mol. The maximum Gasteiger partial charge on any atom is 0.327 e. The van der Waals surface area contributed by atoms with Crippen LogP contribution in [0.1, 0.15) is 40.0 Å². The Bertz CT molecular complexity index is 1160. The Morgan fingerprint density at radius 2 is 1.62 bits per heavy atom. The molecule has 3 N–H and O–H groups in total. The van der Waals surface area contributed by atoms with E-state index >= 15 is 0 Å². The lowest BCUT2D eigenvalue weighted by atomic mass is 9.84. The lowest BCUT2D eigenvalue weighted by Crippen LogP contribution is -2.31. The van der Waals surface area contributed by atoms with Crippen molar-refractivity contribution in [3.8, 4) is 0 Å². The van der Waals surface area contributed by atoms with Crippen molar-refractivity contribution in [1.82, 2.24) is 25.5 Å². The first-order chi connectivity index (χ1) is 16.7. The molecule has 4 rings (SSSR count). The maximum absolute atomic E-state index is 12.0. The van der Waals surface area contributed by atoms with E-state index in [-0.39, 0.29) is 18.5 Å². The summed E-state index contributed by atoms with van der Waals surface area (Å²) in [5, 5.41) is 16.0. The number of hydrogen-bond acceptors (Lipinski definition) is 7. The fourth-order valence-electron chi connectivity index (χ4n) is 4.08. The zero-order chi connectivity index (χ0) is 23.8. The summed E-state index contributed by atoms with van der Waals surface area (Å²) in [5.41, 5.74) is 10.2. The minimum Gasteiger partial charge on any atom is -0.468 e. The third-order valence-corrected chi connectivity index (χ3v) is 5.75. The van der Waals surface area contributed by atoms with Crippen LogP contribution < -0.4 is 11.1 Å². The number of nitrogens with one attached hydrogen (secondary N) is 1. The van der Waals surface area contributed by atoms with Gasteiger partial charge in [-0.25, -0.2) is 4.68 Å². The van der Waals surface area contributed by atoms with Gasteiger partial charge in [-0.05, 0) is 32.7 Å². The van der Waals surface area contributed by atoms with E-state index in [4.69, 9.17) is 10.5 Å². The molecule has 0 bridgehead atoms. The SMILES string of the molecule is COC(=O)Cn1nnnc1C(NCc1cccc(CN)c1)C(c1ccccc1)c1ccccc1. The molecule has 0 aliphatic heterocycles. The summed E-state index contributed by atoms with van der Waals surface area (Å²) in [6.45, 7) is 0.973. The number of ether oxygens (including phenoxy) is 1. The first kappa shape index (κ1) is 23.3. The Morgan fingerprint density at radius 3 is 2.24 bits per heavy atom. The molecule has 1 unspecified atom stereocenters. The molecule has 8 heteroatoms. The zero-order valence-electron chi connectivity index (χ0n) is 19.0. The average Bonchev–Trinajstić information content (AvgIpc) is 3.35. The maximum atomic E-state index is 12.0. The molecule has 4 aromatic rings. The van der Waals surface area contributed by atoms with Crippen molar-refractivity contribution in [1.29, 1.82) is 0 Å². The standard InChI is InChI=1S/C26H28N6O2/c1-34-23(33)18-32-26(29-30-31-32)25(28-17-20-10-8-9-19(15-20)16-27)24(21-11-4-2-5-12-21)22-13-6-3-7-14-22/h2-15,24-25,28H,16-18,27H2,1H3. The number of nitrogens with zero attached hydrogens (tertiary/aromatic N) is 4. The van der Waals surface area contributed by atoms with E-state index in [1.54, 1.807) is 0 Å². The lowest BCUT2D eigenvalue weighted by molar-refractivity contribution is -0.141. The number of nitrogens with two attached hydrogens (primary N) is 1. The topological polar surface area (TPSA) is 108 Å². The number of hydrogen-bond donors (Lipinski definition) is 2. The van der Waals surface area contributed by atoms with Crippen molar-refractivity contribution in [3.05, 3.63) is 113 Å². The molecule has 0 aliphatic carbocycles. The van der Waals surface area contributed by atoms with Gasteiger partial charge in [-0.1, -0.05) is 84.9 Å². The number of methoxy groups -OCH3 is 1. The predicted molar refractivity (Wildman–Crippen MR) is 128 cm³/mol. The van der Waals surface area contributed by atoms with Gasteiger partial charge in [-0.2, -0.15) is 0 Å². The minimum atomic E-state index is -0.418. The number of tetrazole rings is 1. The normalized spacial score (nSPS) is 12.0. The second kappa shape index (κ2) is 11.3. The fourth-order valence-corrected chi connectivity index (χ4v) is 4.08. The van der Waals surface area contributed by atoms with Crippen LogP contribution in [0.4, 0.5) is 0 Å². The van der Waals surface area contributed by atoms with Gasteiger partial charge in [0.2, 0.25) is 0 Å². The number of esters is 1. The summed E-state index contributed by atoms with van der Waals surface area (Å²) in [5.74, 6) is 0.0273. The third kappa shape index (κ3) is 5.54. The molecular weight excluding hydrogens is 428 g/mol. The Morgan fingerprint density at radius 1 is 0.971 bits per heavy atom. The van der Waals surface area contributed by atoms with Crippen molar-refractivity contribution in [2.24, 2.45) is 5.73 Å². The van der Waals surface area contributed by atoms with Crippen LogP contribution in [0.5, 0.6) is 0 Å². The monoisotopic (exact) mass is 456 g/mol. The van der Waals surface area contributed by atoms with Gasteiger partial charge in [-0.15, -0.1) is 5.10 Å². The Hall–Kier alpha value is -3.88. The number of carbonyl (C=O) groups excluding carboxylic acids is 1. The molecule has 0 saturated carbocycles. The predicted octanol–water partition coefficient (Wildman–Crippen LogP) is 2.97. The smallest absolute Gasteiger partial charge is 0.327 e. The second-order valence-corrected chi connectivity index (χ2v) is 7.95. The van der Waals surface area contributed by atoms with Gasteiger partial charge in [0.1, 0.15) is 6.54 Å². The summed E-state index contributed by atoms with van der Waals surface area (Å²) in [6.07, 6.45) is 0. The summed E-state index contributed by atoms with van der Waals surface area (Å²) >= 11 is 0. The molecule has 1 heterocycles. The number of benzene rings is 3. The van der Waals surface area contributed by atoms with Crippen molar-refractivity contribution in [2.75, 3.05) is 7.11 Å². The number of aromatic nitrogens is 4. The fraction of sp³-hybridized carbons (Fsp3) is 0.231. The van der Waals surface area contributed by atoms with Crippen LogP contribution in [0.2, 0.25) is 0 Å². The van der Waals surface area contributed by atoms with Gasteiger partial charge < -0.3 is 15.8 Å². The van der Waals surface area contributed by atoms with Gasteiger partial charge in [-0.3, -0.25) is 4.79 Å². The summed E-state index contributed by atoms with van der Waals surface area (Å²) in [4.78, 5) is 12.0. The van der Waals surface area contributed by atoms with E-state index in [0.717, 1.165) is 22.3 Å². The third-order valence-electron chi connectivity index (χ3n) is 5.75. The molecule has 174 valence electrons. The quantitative estimate of drug-likeness (QED) is 0.353. The number of carbonyl (C=O) groups is 1. The van der Waals surface area contributed by atoms with E-state index < -0.39 is 5.97 Å². The van der Waals surface area contributed by atoms with Crippen LogP contribution >= 0.6 is 0 Å². The van der Waals surface area contributed by atoms with Crippen LogP contribution in [0.25, 0.3) is 0 Å². The highest BCUT2D eigenvalue weighted by atomic mass is 16.5. The molecule has 0 fully saturated rings. The molecule has 0 amide bonds. The molecule has 34 heavy (non-hydrogen) atoms. The number of rotatable bonds is 10. The van der Waals surface area contributed by atoms with Gasteiger partial charge >= 0.3 is 5.97 Å². The molecule has 3 aromatic carbocycles. The highest BCUT2D eigenvalue weighted by molar-refractivity contribution is 5.68. The molecule has 0 saturated heterocycles. The highest BCUT2D eigenvalue weighted by Crippen LogP contribution is 2.36. The largest absolute Gasteiger partial charge is 0.468 e. The van der Waals surface area contributed by atoms with Gasteiger partial charge in [0.25, 0.3) is 0 Å². The van der Waals surface area contributed by atoms with E-state index in [1.807, 2.05) is 48.5 Å². The van der Waals surface area contributed by atoms with Crippen LogP contribution in [-0.4, -0.2) is 33.3 Å². The minimum absolute atomic E-state index is 0.0734. The van der Waals surface area contributed by atoms with Crippen molar-refractivity contribution in [2.45, 2.75) is 31.6 Å². The van der Waals surface area contributed by atoms with Crippen LogP contribution in [0.3, 0.4) is 0 Å². The van der Waals surface area contributed by atoms with E-state index in [9.17, 15) is 4.79 Å². The van der Waals surface area contributed by atoms with E-state index in [1.165, 1.54) is 11.8 Å². The van der Waals surface area contributed by atoms with Crippen LogP contribution in [0.15, 0.2) is 84.9 Å². The zero-order valence-corrected chi connectivity index (χ0v) is 19.0. The molecule has 1 aromatic heterocycles. The molecule has 0 aliphatic rings. The Kier molecular flexibility index (Phi) is 7.75. The molecule has 0 spiro atoms. The molecule has 0 radical (unpaired) electrons. The summed E-state index contributed by atoms with van der Waals surface area (Å²) in [7, 11) is 1.35. The lowest BCUT2D eigenvalue weighted by Gasteiger charge is -2.28. The Labute approximate surface area is 198 Å². The highest BCUT2D eigenvalue weighted by Gasteiger charge is 2.31. The van der Waals surface area contributed by atoms with Crippen molar-refractivity contribution >= 4 is 5.97 Å². The van der Waals surface area contributed by atoms with Crippen molar-refractivity contribution < 1.29 is 9.53 Å². The van der Waals surface area contributed by atoms with Crippen molar-refractivity contribution in [3.63, 3.8) is 0 Å². The first-order valence-electron chi connectivity index (χ1n) is 11.1. The van der Waals surface area contributed by atoms with Gasteiger partial charge in [0, 0.05) is 19.0 Å². The first-order valence-corrected chi connectivity index (χ1v) is 11.1. The van der Waals surface area contributed by atoms with Gasteiger partial charge in [0.05, 0.1) is 13.2 Å². The Balaban J connectivity index is 1.77.